The zero-order chi connectivity index (χ0) is 21.5. The Morgan fingerprint density at radius 2 is 1.70 bits per heavy atom. The monoisotopic (exact) mass is 424 g/mol. The molecule has 8 heteroatoms. The van der Waals surface area contributed by atoms with Gasteiger partial charge in [0.2, 0.25) is 5.01 Å². The minimum atomic E-state index is -0.353. The molecule has 2 aromatic carbocycles. The number of amides is 2. The largest absolute Gasteiger partial charge is 0.486 e. The fraction of sp³-hybridized carbons (Fsp3) is 0.273. The molecule has 2 N–H and O–H groups in total. The number of benzene rings is 2. The van der Waals surface area contributed by atoms with Crippen LogP contribution in [-0.2, 0) is 6.61 Å². The Kier molecular flexibility index (Phi) is 7.13. The second kappa shape index (κ2) is 9.98. The molecule has 156 valence electrons. The van der Waals surface area contributed by atoms with Crippen molar-refractivity contribution in [3.63, 3.8) is 0 Å². The maximum Gasteiger partial charge on any atom is 0.286 e. The minimum absolute atomic E-state index is 0.132. The van der Waals surface area contributed by atoms with Gasteiger partial charge in [-0.1, -0.05) is 24.3 Å². The Morgan fingerprint density at radius 3 is 2.37 bits per heavy atom. The van der Waals surface area contributed by atoms with E-state index in [9.17, 15) is 9.59 Å². The van der Waals surface area contributed by atoms with E-state index in [0.717, 1.165) is 23.3 Å². The van der Waals surface area contributed by atoms with Crippen molar-refractivity contribution in [3.8, 4) is 5.75 Å². The topological polar surface area (TPSA) is 93.2 Å². The van der Waals surface area contributed by atoms with Gasteiger partial charge in [0.05, 0.1) is 0 Å². The zero-order valence-corrected chi connectivity index (χ0v) is 18.0. The summed E-state index contributed by atoms with van der Waals surface area (Å²) < 4.78 is 5.77. The number of carbonyl (C=O) groups excluding carboxylic acids is 2. The first-order valence-corrected chi connectivity index (χ1v) is 10.5. The summed E-state index contributed by atoms with van der Waals surface area (Å²) in [4.78, 5) is 24.4. The summed E-state index contributed by atoms with van der Waals surface area (Å²) in [6.45, 7) is 6.89. The van der Waals surface area contributed by atoms with Gasteiger partial charge in [0.25, 0.3) is 11.8 Å². The summed E-state index contributed by atoms with van der Waals surface area (Å²) in [7, 11) is 0. The van der Waals surface area contributed by atoms with Gasteiger partial charge in [-0.15, -0.1) is 10.2 Å². The third kappa shape index (κ3) is 5.87. The van der Waals surface area contributed by atoms with Crippen molar-refractivity contribution >= 4 is 28.8 Å². The van der Waals surface area contributed by atoms with Crippen molar-refractivity contribution in [2.75, 3.05) is 11.9 Å². The average molecular weight is 425 g/mol. The molecule has 3 rings (SSSR count). The molecule has 30 heavy (non-hydrogen) atoms. The van der Waals surface area contributed by atoms with E-state index in [-0.39, 0.29) is 23.4 Å². The number of nitrogens with zero attached hydrogens (tertiary/aromatic N) is 2. The summed E-state index contributed by atoms with van der Waals surface area (Å²) in [6.07, 6.45) is 0.874. The molecule has 0 bridgehead atoms. The second-order valence-electron chi connectivity index (χ2n) is 6.90. The van der Waals surface area contributed by atoms with Crippen LogP contribution in [0.15, 0.2) is 42.5 Å². The summed E-state index contributed by atoms with van der Waals surface area (Å²) in [5.41, 5.74) is 3.37. The fourth-order valence-electron chi connectivity index (χ4n) is 2.80. The van der Waals surface area contributed by atoms with Gasteiger partial charge >= 0.3 is 0 Å². The lowest BCUT2D eigenvalue weighted by Gasteiger charge is -2.06. The molecule has 0 radical (unpaired) electrons. The van der Waals surface area contributed by atoms with Gasteiger partial charge in [-0.05, 0) is 67.8 Å². The molecule has 0 saturated carbocycles. The first-order valence-electron chi connectivity index (χ1n) is 9.67. The van der Waals surface area contributed by atoms with Crippen molar-refractivity contribution in [1.29, 1.82) is 0 Å². The number of aromatic nitrogens is 2. The molecule has 2 amide bonds. The minimum Gasteiger partial charge on any atom is -0.486 e. The smallest absolute Gasteiger partial charge is 0.286 e. The Morgan fingerprint density at radius 1 is 1.00 bits per heavy atom. The van der Waals surface area contributed by atoms with Crippen LogP contribution in [0.25, 0.3) is 0 Å². The van der Waals surface area contributed by atoms with Crippen molar-refractivity contribution in [1.82, 2.24) is 15.5 Å². The highest BCUT2D eigenvalue weighted by Gasteiger charge is 2.14. The van der Waals surface area contributed by atoms with Gasteiger partial charge in [-0.3, -0.25) is 9.59 Å². The number of aryl methyl sites for hydroxylation is 2. The van der Waals surface area contributed by atoms with E-state index in [1.807, 2.05) is 32.9 Å². The molecule has 0 fully saturated rings. The van der Waals surface area contributed by atoms with Crippen LogP contribution in [-0.4, -0.2) is 28.6 Å². The molecule has 0 unspecified atom stereocenters. The lowest BCUT2D eigenvalue weighted by molar-refractivity contribution is 0.0953. The molecule has 1 aromatic heterocycles. The molecule has 0 saturated heterocycles. The van der Waals surface area contributed by atoms with E-state index >= 15 is 0 Å². The van der Waals surface area contributed by atoms with E-state index in [1.54, 1.807) is 24.3 Å². The third-order valence-corrected chi connectivity index (χ3v) is 5.05. The molecule has 1 heterocycles. The van der Waals surface area contributed by atoms with E-state index in [0.29, 0.717) is 22.8 Å². The molecular formula is C22H24N4O3S. The predicted octanol–water partition coefficient (Wildman–Crippen LogP) is 4.13. The number of hydrogen-bond acceptors (Lipinski definition) is 6. The zero-order valence-electron chi connectivity index (χ0n) is 17.2. The molecule has 3 aromatic rings. The maximum absolute atomic E-state index is 12.4. The number of carbonyl (C=O) groups is 2. The fourth-order valence-corrected chi connectivity index (χ4v) is 3.44. The van der Waals surface area contributed by atoms with E-state index < -0.39 is 0 Å². The van der Waals surface area contributed by atoms with Crippen LogP contribution in [0.2, 0.25) is 0 Å². The van der Waals surface area contributed by atoms with Crippen LogP contribution in [0.1, 0.15) is 49.6 Å². The second-order valence-corrected chi connectivity index (χ2v) is 7.96. The summed E-state index contributed by atoms with van der Waals surface area (Å²) in [5, 5.41) is 14.4. The number of anilines is 1. The lowest BCUT2D eigenvalue weighted by atomic mass is 10.1. The highest BCUT2D eigenvalue weighted by molar-refractivity contribution is 7.13. The summed E-state index contributed by atoms with van der Waals surface area (Å²) in [5.74, 6) is 0.275. The first-order chi connectivity index (χ1) is 14.4. The van der Waals surface area contributed by atoms with Gasteiger partial charge < -0.3 is 15.4 Å². The van der Waals surface area contributed by atoms with E-state index in [4.69, 9.17) is 4.74 Å². The first kappa shape index (κ1) is 21.4. The average Bonchev–Trinajstić information content (AvgIpc) is 3.19. The quantitative estimate of drug-likeness (QED) is 0.567. The summed E-state index contributed by atoms with van der Waals surface area (Å²) in [6, 6.07) is 12.7. The van der Waals surface area contributed by atoms with Gasteiger partial charge in [0.1, 0.15) is 12.4 Å². The Balaban J connectivity index is 1.56. The Bertz CT molecular complexity index is 1010. The number of nitrogens with one attached hydrogen (secondary N) is 2. The molecule has 0 aliphatic carbocycles. The SMILES string of the molecule is CCCNC(=O)c1ccc(NC(=O)c2nnc(COc3cc(C)cc(C)c3)s2)cc1. The van der Waals surface area contributed by atoms with Crippen LogP contribution >= 0.6 is 11.3 Å². The van der Waals surface area contributed by atoms with Crippen LogP contribution < -0.4 is 15.4 Å². The van der Waals surface area contributed by atoms with Crippen molar-refractivity contribution in [2.24, 2.45) is 0 Å². The third-order valence-electron chi connectivity index (χ3n) is 4.16. The standard InChI is InChI=1S/C22H24N4O3S/c1-4-9-23-20(27)16-5-7-17(8-6-16)24-21(28)22-26-25-19(30-22)13-29-18-11-14(2)10-15(3)12-18/h5-8,10-12H,4,9,13H2,1-3H3,(H,23,27)(H,24,28). The number of rotatable bonds is 8. The lowest BCUT2D eigenvalue weighted by Crippen LogP contribution is -2.23. The Labute approximate surface area is 179 Å². The molecule has 0 spiro atoms. The van der Waals surface area contributed by atoms with Crippen molar-refractivity contribution in [3.05, 3.63) is 69.2 Å². The molecule has 0 atom stereocenters. The van der Waals surface area contributed by atoms with E-state index in [2.05, 4.69) is 26.9 Å². The van der Waals surface area contributed by atoms with Gasteiger partial charge in [0, 0.05) is 17.8 Å². The van der Waals surface area contributed by atoms with Crippen LogP contribution in [0.5, 0.6) is 5.75 Å². The van der Waals surface area contributed by atoms with Crippen LogP contribution in [0.4, 0.5) is 5.69 Å². The van der Waals surface area contributed by atoms with Gasteiger partial charge in [0.15, 0.2) is 5.01 Å². The van der Waals surface area contributed by atoms with Crippen molar-refractivity contribution in [2.45, 2.75) is 33.8 Å². The molecule has 0 aliphatic heterocycles. The Hall–Kier alpha value is -3.26. The summed E-state index contributed by atoms with van der Waals surface area (Å²) >= 11 is 1.18. The predicted molar refractivity (Wildman–Crippen MR) is 117 cm³/mol. The van der Waals surface area contributed by atoms with Crippen LogP contribution in [0.3, 0.4) is 0 Å². The van der Waals surface area contributed by atoms with Gasteiger partial charge in [-0.25, -0.2) is 0 Å². The molecule has 0 aliphatic rings. The van der Waals surface area contributed by atoms with Crippen molar-refractivity contribution < 1.29 is 14.3 Å². The normalized spacial score (nSPS) is 10.5. The molecular weight excluding hydrogens is 400 g/mol. The maximum atomic E-state index is 12.4. The highest BCUT2D eigenvalue weighted by atomic mass is 32.1. The number of ether oxygens (including phenoxy) is 1. The van der Waals surface area contributed by atoms with Gasteiger partial charge in [-0.2, -0.15) is 0 Å². The molecule has 7 nitrogen and oxygen atoms in total. The van der Waals surface area contributed by atoms with E-state index in [1.165, 1.54) is 11.3 Å². The highest BCUT2D eigenvalue weighted by Crippen LogP contribution is 2.19. The number of hydrogen-bond donors (Lipinski definition) is 2. The van der Waals surface area contributed by atoms with Crippen LogP contribution in [0, 0.1) is 13.8 Å².